The van der Waals surface area contributed by atoms with Gasteiger partial charge in [-0.2, -0.15) is 0 Å². The highest BCUT2D eigenvalue weighted by atomic mass is 16.5. The van der Waals surface area contributed by atoms with Crippen molar-refractivity contribution in [3.8, 4) is 11.8 Å². The summed E-state index contributed by atoms with van der Waals surface area (Å²) < 4.78 is 9.95. The molecular formula is C17H13N3O4. The van der Waals surface area contributed by atoms with Crippen LogP contribution in [0.15, 0.2) is 51.8 Å². The number of rotatable bonds is 3. The van der Waals surface area contributed by atoms with E-state index in [4.69, 9.17) is 9.15 Å². The van der Waals surface area contributed by atoms with Crippen LogP contribution >= 0.6 is 0 Å². The quantitative estimate of drug-likeness (QED) is 0.716. The lowest BCUT2D eigenvalue weighted by Gasteiger charge is -2.04. The first-order valence-electron chi connectivity index (χ1n) is 7.13. The van der Waals surface area contributed by atoms with Crippen molar-refractivity contribution in [2.75, 3.05) is 6.54 Å². The highest BCUT2D eigenvalue weighted by Crippen LogP contribution is 2.07. The van der Waals surface area contributed by atoms with Crippen molar-refractivity contribution >= 4 is 17.3 Å². The molecule has 1 aromatic carbocycles. The van der Waals surface area contributed by atoms with Crippen molar-refractivity contribution < 1.29 is 13.9 Å². The predicted molar refractivity (Wildman–Crippen MR) is 86.1 cm³/mol. The number of pyridine rings is 1. The molecular weight excluding hydrogens is 310 g/mol. The number of hydrogen-bond acceptors (Lipinski definition) is 5. The summed E-state index contributed by atoms with van der Waals surface area (Å²) in [5.41, 5.74) is 2.19. The Morgan fingerprint density at radius 2 is 2.17 bits per heavy atom. The van der Waals surface area contributed by atoms with Gasteiger partial charge in [-0.25, -0.2) is 14.6 Å². The van der Waals surface area contributed by atoms with Gasteiger partial charge in [0.1, 0.15) is 6.61 Å². The Kier molecular flexibility index (Phi) is 4.58. The minimum Gasteiger partial charge on any atom is -0.445 e. The van der Waals surface area contributed by atoms with Crippen LogP contribution < -0.4 is 11.1 Å². The molecule has 0 bridgehead atoms. The van der Waals surface area contributed by atoms with Crippen molar-refractivity contribution in [3.63, 3.8) is 0 Å². The van der Waals surface area contributed by atoms with Gasteiger partial charge in [-0.1, -0.05) is 42.2 Å². The van der Waals surface area contributed by atoms with Crippen LogP contribution in [0.5, 0.6) is 0 Å². The van der Waals surface area contributed by atoms with Crippen molar-refractivity contribution in [1.82, 2.24) is 15.3 Å². The third-order valence-electron chi connectivity index (χ3n) is 3.04. The summed E-state index contributed by atoms with van der Waals surface area (Å²) in [4.78, 5) is 29.0. The molecule has 0 aliphatic rings. The van der Waals surface area contributed by atoms with Gasteiger partial charge in [0.15, 0.2) is 11.2 Å². The number of amides is 1. The summed E-state index contributed by atoms with van der Waals surface area (Å²) in [6.45, 7) is 0.329. The molecule has 0 atom stereocenters. The molecule has 0 aliphatic carbocycles. The lowest BCUT2D eigenvalue weighted by atomic mass is 10.2. The second-order valence-corrected chi connectivity index (χ2v) is 4.80. The van der Waals surface area contributed by atoms with Crippen molar-refractivity contribution in [2.24, 2.45) is 0 Å². The number of benzene rings is 1. The maximum absolute atomic E-state index is 11.5. The van der Waals surface area contributed by atoms with Gasteiger partial charge in [-0.05, 0) is 5.56 Å². The molecule has 1 amide bonds. The van der Waals surface area contributed by atoms with Crippen LogP contribution in [0.4, 0.5) is 4.79 Å². The van der Waals surface area contributed by atoms with Crippen molar-refractivity contribution in [3.05, 3.63) is 64.3 Å². The number of hydrogen-bond donors (Lipinski definition) is 2. The normalized spacial score (nSPS) is 10.0. The third kappa shape index (κ3) is 4.01. The smallest absolute Gasteiger partial charge is 0.418 e. The summed E-state index contributed by atoms with van der Waals surface area (Å²) in [5, 5.41) is 2.53. The van der Waals surface area contributed by atoms with Crippen LogP contribution in [0.1, 0.15) is 11.1 Å². The maximum atomic E-state index is 11.5. The number of carbonyl (C=O) groups is 1. The molecule has 3 rings (SSSR count). The monoisotopic (exact) mass is 323 g/mol. The minimum absolute atomic E-state index is 0.128. The summed E-state index contributed by atoms with van der Waals surface area (Å²) >= 11 is 0. The fourth-order valence-electron chi connectivity index (χ4n) is 1.94. The number of ether oxygens (including phenoxy) is 1. The average Bonchev–Trinajstić information content (AvgIpc) is 2.97. The van der Waals surface area contributed by atoms with E-state index >= 15 is 0 Å². The van der Waals surface area contributed by atoms with Gasteiger partial charge in [-0.3, -0.25) is 4.98 Å². The predicted octanol–water partition coefficient (Wildman–Crippen LogP) is 1.79. The first-order chi connectivity index (χ1) is 11.7. The lowest BCUT2D eigenvalue weighted by molar-refractivity contribution is 0.141. The van der Waals surface area contributed by atoms with Crippen LogP contribution in [0.25, 0.3) is 11.2 Å². The molecule has 2 heterocycles. The molecule has 0 saturated heterocycles. The fraction of sp³-hybridized carbons (Fsp3) is 0.118. The molecule has 0 fully saturated rings. The molecule has 0 saturated carbocycles. The highest BCUT2D eigenvalue weighted by Gasteiger charge is 2.02. The molecule has 0 aliphatic heterocycles. The van der Waals surface area contributed by atoms with E-state index in [1.54, 1.807) is 6.07 Å². The number of oxazole rings is 1. The van der Waals surface area contributed by atoms with Gasteiger partial charge >= 0.3 is 11.8 Å². The molecule has 2 N–H and O–H groups in total. The van der Waals surface area contributed by atoms with E-state index in [1.165, 1.54) is 6.20 Å². The number of nitrogens with one attached hydrogen (secondary N) is 2. The minimum atomic E-state index is -0.564. The number of H-pyrrole nitrogens is 1. The number of nitrogens with zero attached hydrogens (tertiary/aromatic N) is 1. The zero-order valence-electron chi connectivity index (χ0n) is 12.5. The molecule has 0 spiro atoms. The molecule has 120 valence electrons. The second kappa shape index (κ2) is 7.15. The lowest BCUT2D eigenvalue weighted by Crippen LogP contribution is -2.24. The van der Waals surface area contributed by atoms with E-state index in [0.717, 1.165) is 5.56 Å². The SMILES string of the molecule is O=C(NCC#Cc1cnc2[nH]c(=O)oc2c1)OCc1ccccc1. The summed E-state index contributed by atoms with van der Waals surface area (Å²) in [7, 11) is 0. The number of carbonyl (C=O) groups excluding carboxylic acids is 1. The molecule has 0 radical (unpaired) electrons. The summed E-state index contributed by atoms with van der Waals surface area (Å²) in [6.07, 6.45) is 0.965. The van der Waals surface area contributed by atoms with E-state index in [0.29, 0.717) is 16.8 Å². The van der Waals surface area contributed by atoms with Crippen LogP contribution in [-0.4, -0.2) is 22.6 Å². The van der Waals surface area contributed by atoms with Crippen LogP contribution in [0.2, 0.25) is 0 Å². The zero-order chi connectivity index (χ0) is 16.8. The Morgan fingerprint density at radius 1 is 1.33 bits per heavy atom. The van der Waals surface area contributed by atoms with Crippen molar-refractivity contribution in [1.29, 1.82) is 0 Å². The second-order valence-electron chi connectivity index (χ2n) is 4.80. The van der Waals surface area contributed by atoms with Crippen LogP contribution in [0, 0.1) is 11.8 Å². The van der Waals surface area contributed by atoms with E-state index in [9.17, 15) is 9.59 Å². The molecule has 0 unspecified atom stereocenters. The van der Waals surface area contributed by atoms with E-state index in [-0.39, 0.29) is 13.2 Å². The molecule has 24 heavy (non-hydrogen) atoms. The van der Waals surface area contributed by atoms with Gasteiger partial charge < -0.3 is 14.5 Å². The first-order valence-corrected chi connectivity index (χ1v) is 7.13. The Bertz CT molecular complexity index is 964. The number of aromatic amines is 1. The zero-order valence-corrected chi connectivity index (χ0v) is 12.5. The molecule has 3 aromatic rings. The summed E-state index contributed by atoms with van der Waals surface area (Å²) in [6, 6.07) is 11.0. The molecule has 2 aromatic heterocycles. The third-order valence-corrected chi connectivity index (χ3v) is 3.04. The average molecular weight is 323 g/mol. The Labute approximate surface area is 136 Å². The van der Waals surface area contributed by atoms with Gasteiger partial charge in [0, 0.05) is 17.8 Å². The molecule has 7 heteroatoms. The van der Waals surface area contributed by atoms with E-state index in [2.05, 4.69) is 27.1 Å². The largest absolute Gasteiger partial charge is 0.445 e. The number of aromatic nitrogens is 2. The van der Waals surface area contributed by atoms with E-state index in [1.807, 2.05) is 30.3 Å². The number of fused-ring (bicyclic) bond motifs is 1. The van der Waals surface area contributed by atoms with Gasteiger partial charge in [0.2, 0.25) is 0 Å². The van der Waals surface area contributed by atoms with Gasteiger partial charge in [-0.15, -0.1) is 0 Å². The molecule has 7 nitrogen and oxygen atoms in total. The fourth-order valence-corrected chi connectivity index (χ4v) is 1.94. The van der Waals surface area contributed by atoms with Gasteiger partial charge in [0.05, 0.1) is 6.54 Å². The topological polar surface area (TPSA) is 97.2 Å². The highest BCUT2D eigenvalue weighted by molar-refractivity contribution is 5.69. The number of alkyl carbamates (subject to hydrolysis) is 1. The van der Waals surface area contributed by atoms with Gasteiger partial charge in [0.25, 0.3) is 0 Å². The standard InChI is InChI=1S/C17H13N3O4/c21-16(23-11-12-5-2-1-3-6-12)18-8-4-7-13-9-14-15(19-10-13)20-17(22)24-14/h1-3,5-6,9-10H,8,11H2,(H,18,21)(H,19,20,22). The maximum Gasteiger partial charge on any atom is 0.418 e. The van der Waals surface area contributed by atoms with Crippen molar-refractivity contribution in [2.45, 2.75) is 6.61 Å². The Hall–Kier alpha value is -3.53. The first kappa shape index (κ1) is 15.4. The van der Waals surface area contributed by atoms with Crippen LogP contribution in [-0.2, 0) is 11.3 Å². The summed E-state index contributed by atoms with van der Waals surface area (Å²) in [5.74, 6) is 5.02. The Morgan fingerprint density at radius 3 is 3.00 bits per heavy atom. The van der Waals surface area contributed by atoms with Crippen LogP contribution in [0.3, 0.4) is 0 Å². The Balaban J connectivity index is 1.49. The van der Waals surface area contributed by atoms with E-state index < -0.39 is 11.8 Å².